The van der Waals surface area contributed by atoms with Gasteiger partial charge in [0.25, 0.3) is 0 Å². The fraction of sp³-hybridized carbons (Fsp3) is 0.300. The minimum Gasteiger partial charge on any atom is -0.376 e. The van der Waals surface area contributed by atoms with Gasteiger partial charge in [-0.2, -0.15) is 5.26 Å². The third-order valence-corrected chi connectivity index (χ3v) is 4.57. The number of thioether (sulfide) groups is 1. The van der Waals surface area contributed by atoms with Gasteiger partial charge in [0.2, 0.25) is 5.91 Å². The van der Waals surface area contributed by atoms with Gasteiger partial charge in [0.1, 0.15) is 0 Å². The molecule has 25 heavy (non-hydrogen) atoms. The Morgan fingerprint density at radius 3 is 2.40 bits per heavy atom. The second kappa shape index (κ2) is 8.59. The largest absolute Gasteiger partial charge is 0.376 e. The fourth-order valence-electron chi connectivity index (χ4n) is 2.47. The lowest BCUT2D eigenvalue weighted by Crippen LogP contribution is -2.24. The molecule has 0 heterocycles. The maximum Gasteiger partial charge on any atom is 0.243 e. The van der Waals surface area contributed by atoms with E-state index < -0.39 is 0 Å². The Hall–Kier alpha value is -2.45. The summed E-state index contributed by atoms with van der Waals surface area (Å²) < 4.78 is 0. The highest BCUT2D eigenvalue weighted by Gasteiger charge is 2.17. The highest BCUT2D eigenvalue weighted by molar-refractivity contribution is 7.99. The van der Waals surface area contributed by atoms with Crippen molar-refractivity contribution >= 4 is 29.0 Å². The molecule has 0 unspecified atom stereocenters. The highest BCUT2D eigenvalue weighted by Crippen LogP contribution is 2.29. The van der Waals surface area contributed by atoms with Crippen molar-refractivity contribution in [1.82, 2.24) is 0 Å². The molecule has 0 fully saturated rings. The zero-order valence-corrected chi connectivity index (χ0v) is 15.6. The molecule has 2 aromatic rings. The number of nitrogens with one attached hydrogen (secondary N) is 2. The van der Waals surface area contributed by atoms with Crippen molar-refractivity contribution in [3.63, 3.8) is 0 Å². The maximum absolute atomic E-state index is 12.3. The van der Waals surface area contributed by atoms with Gasteiger partial charge in [0, 0.05) is 10.6 Å². The second-order valence-electron chi connectivity index (χ2n) is 6.64. The predicted molar refractivity (Wildman–Crippen MR) is 105 cm³/mol. The van der Waals surface area contributed by atoms with Gasteiger partial charge in [0.15, 0.2) is 0 Å². The van der Waals surface area contributed by atoms with E-state index in [9.17, 15) is 4.79 Å². The number of nitrogens with zero attached hydrogens (tertiary/aromatic N) is 1. The Morgan fingerprint density at radius 2 is 1.72 bits per heavy atom. The average Bonchev–Trinajstić information content (AvgIpc) is 2.58. The molecule has 0 aliphatic rings. The van der Waals surface area contributed by atoms with Crippen molar-refractivity contribution in [2.24, 2.45) is 0 Å². The molecule has 0 saturated heterocycles. The molecule has 0 saturated carbocycles. The van der Waals surface area contributed by atoms with Crippen LogP contribution in [-0.4, -0.2) is 18.2 Å². The molecule has 4 nitrogen and oxygen atoms in total. The minimum absolute atomic E-state index is 0.000599. The van der Waals surface area contributed by atoms with E-state index in [1.807, 2.05) is 42.5 Å². The van der Waals surface area contributed by atoms with Crippen LogP contribution in [0.5, 0.6) is 0 Å². The molecule has 2 rings (SSSR count). The number of hydrogen-bond acceptors (Lipinski definition) is 4. The topological polar surface area (TPSA) is 64.9 Å². The van der Waals surface area contributed by atoms with Gasteiger partial charge in [-0.25, -0.2) is 0 Å². The van der Waals surface area contributed by atoms with E-state index in [1.165, 1.54) is 17.3 Å². The minimum atomic E-state index is -0.117. The molecule has 0 aromatic heterocycles. The number of amides is 1. The van der Waals surface area contributed by atoms with Crippen LogP contribution in [0.1, 0.15) is 26.3 Å². The van der Waals surface area contributed by atoms with Crippen molar-refractivity contribution in [2.45, 2.75) is 31.1 Å². The van der Waals surface area contributed by atoms with Crippen molar-refractivity contribution in [3.8, 4) is 6.07 Å². The zero-order chi connectivity index (χ0) is 18.3. The van der Waals surface area contributed by atoms with Crippen LogP contribution in [0.4, 0.5) is 11.4 Å². The van der Waals surface area contributed by atoms with Crippen LogP contribution in [-0.2, 0) is 10.2 Å². The molecule has 0 atom stereocenters. The van der Waals surface area contributed by atoms with Crippen LogP contribution in [0.2, 0.25) is 0 Å². The van der Waals surface area contributed by atoms with E-state index >= 15 is 0 Å². The summed E-state index contributed by atoms with van der Waals surface area (Å²) in [5, 5.41) is 14.9. The number of benzene rings is 2. The number of rotatable bonds is 6. The summed E-state index contributed by atoms with van der Waals surface area (Å²) in [6.07, 6.45) is 0. The second-order valence-corrected chi connectivity index (χ2v) is 7.66. The van der Waals surface area contributed by atoms with Gasteiger partial charge in [-0.1, -0.05) is 51.1 Å². The molecular formula is C20H23N3OS. The number of hydrogen-bond donors (Lipinski definition) is 2. The van der Waals surface area contributed by atoms with Gasteiger partial charge in [0.05, 0.1) is 24.1 Å². The van der Waals surface area contributed by atoms with E-state index in [1.54, 1.807) is 0 Å². The summed E-state index contributed by atoms with van der Waals surface area (Å²) in [5.74, 6) is 0.234. The molecule has 2 N–H and O–H groups in total. The van der Waals surface area contributed by atoms with Crippen molar-refractivity contribution in [3.05, 3.63) is 54.1 Å². The van der Waals surface area contributed by atoms with E-state index in [-0.39, 0.29) is 17.9 Å². The molecule has 0 aliphatic heterocycles. The molecular weight excluding hydrogens is 330 g/mol. The van der Waals surface area contributed by atoms with Crippen LogP contribution < -0.4 is 10.6 Å². The quantitative estimate of drug-likeness (QED) is 0.742. The molecule has 5 heteroatoms. The first-order valence-corrected chi connectivity index (χ1v) is 9.12. The molecule has 0 spiro atoms. The Bertz CT molecular complexity index is 775. The summed E-state index contributed by atoms with van der Waals surface area (Å²) in [7, 11) is 0. The van der Waals surface area contributed by atoms with E-state index in [0.29, 0.717) is 5.75 Å². The average molecular weight is 353 g/mol. The van der Waals surface area contributed by atoms with Gasteiger partial charge in [-0.05, 0) is 29.2 Å². The first kappa shape index (κ1) is 18.9. The number of nitriles is 1. The smallest absolute Gasteiger partial charge is 0.243 e. The third-order valence-electron chi connectivity index (χ3n) is 3.63. The highest BCUT2D eigenvalue weighted by atomic mass is 32.2. The van der Waals surface area contributed by atoms with Gasteiger partial charge in [-0.15, -0.1) is 11.8 Å². The van der Waals surface area contributed by atoms with Crippen molar-refractivity contribution < 1.29 is 4.79 Å². The molecule has 1 amide bonds. The lowest BCUT2D eigenvalue weighted by molar-refractivity contribution is -0.114. The first-order valence-electron chi connectivity index (χ1n) is 8.14. The lowest BCUT2D eigenvalue weighted by atomic mass is 9.86. The number of anilines is 2. The zero-order valence-electron chi connectivity index (χ0n) is 14.8. The Morgan fingerprint density at radius 1 is 1.08 bits per heavy atom. The third kappa shape index (κ3) is 5.54. The van der Waals surface area contributed by atoms with Crippen LogP contribution >= 0.6 is 11.8 Å². The number of para-hydroxylation sites is 2. The summed E-state index contributed by atoms with van der Waals surface area (Å²) in [6, 6.07) is 17.7. The number of carbonyl (C=O) groups is 1. The predicted octanol–water partition coefficient (Wildman–Crippen LogP) is 4.65. The Balaban J connectivity index is 2.02. The van der Waals surface area contributed by atoms with Gasteiger partial charge in [-0.3, -0.25) is 4.79 Å². The van der Waals surface area contributed by atoms with E-state index in [4.69, 9.17) is 5.26 Å². The van der Waals surface area contributed by atoms with Crippen LogP contribution in [0.3, 0.4) is 0 Å². The normalized spacial score (nSPS) is 10.8. The molecule has 130 valence electrons. The maximum atomic E-state index is 12.3. The lowest BCUT2D eigenvalue weighted by Gasteiger charge is -2.23. The Labute approximate surface area is 153 Å². The summed E-state index contributed by atoms with van der Waals surface area (Å²) in [6.45, 7) is 6.63. The summed E-state index contributed by atoms with van der Waals surface area (Å²) >= 11 is 1.41. The number of carbonyl (C=O) groups excluding carboxylic acids is 1. The SMILES string of the molecule is CC(C)(C)c1ccccc1NCC(=O)Nc1ccccc1SCC#N. The van der Waals surface area contributed by atoms with Crippen molar-refractivity contribution in [1.29, 1.82) is 5.26 Å². The van der Waals surface area contributed by atoms with Crippen LogP contribution in [0.15, 0.2) is 53.4 Å². The summed E-state index contributed by atoms with van der Waals surface area (Å²) in [4.78, 5) is 13.2. The standard InChI is InChI=1S/C20H23N3OS/c1-20(2,3)15-8-4-5-9-16(15)22-14-19(24)23-17-10-6-7-11-18(17)25-13-12-21/h4-11,22H,13-14H2,1-3H3,(H,23,24). The molecule has 2 aromatic carbocycles. The van der Waals surface area contributed by atoms with Gasteiger partial charge >= 0.3 is 0 Å². The van der Waals surface area contributed by atoms with E-state index in [2.05, 4.69) is 43.5 Å². The molecule has 0 bridgehead atoms. The van der Waals surface area contributed by atoms with Gasteiger partial charge < -0.3 is 10.6 Å². The molecule has 0 aliphatic carbocycles. The van der Waals surface area contributed by atoms with Crippen LogP contribution in [0, 0.1) is 11.3 Å². The Kier molecular flexibility index (Phi) is 6.49. The fourth-order valence-corrected chi connectivity index (χ4v) is 3.14. The van der Waals surface area contributed by atoms with E-state index in [0.717, 1.165) is 16.3 Å². The van der Waals surface area contributed by atoms with Crippen molar-refractivity contribution in [2.75, 3.05) is 22.9 Å². The monoisotopic (exact) mass is 353 g/mol. The summed E-state index contributed by atoms with van der Waals surface area (Å²) in [5.41, 5.74) is 2.88. The van der Waals surface area contributed by atoms with Crippen LogP contribution in [0.25, 0.3) is 0 Å². The first-order chi connectivity index (χ1) is 11.9. The molecule has 0 radical (unpaired) electrons.